The first-order chi connectivity index (χ1) is 40.0. The number of alkyl carbamates (subject to hydrolysis) is 1. The van der Waals surface area contributed by atoms with E-state index in [0.717, 1.165) is 11.1 Å². The highest BCUT2D eigenvalue weighted by molar-refractivity contribution is 9.10. The van der Waals surface area contributed by atoms with E-state index in [0.29, 0.717) is 47.8 Å². The van der Waals surface area contributed by atoms with Crippen LogP contribution >= 0.6 is 59.4 Å². The molecular formula is C58H80Br3ClN8O15. The van der Waals surface area contributed by atoms with E-state index in [9.17, 15) is 43.5 Å². The third kappa shape index (κ3) is 19.7. The predicted octanol–water partition coefficient (Wildman–Crippen LogP) is 8.44. The summed E-state index contributed by atoms with van der Waals surface area (Å²) in [5.74, 6) is -3.50. The molecule has 8 amide bonds. The van der Waals surface area contributed by atoms with Crippen LogP contribution < -0.4 is 47.3 Å². The van der Waals surface area contributed by atoms with Crippen LogP contribution in [0.2, 0.25) is 5.02 Å². The van der Waals surface area contributed by atoms with E-state index in [1.165, 1.54) is 44.4 Å². The number of aliphatic hydroxyl groups is 1. The minimum Gasteiger partial charge on any atom is -0.495 e. The number of anilines is 3. The SMILES string of the molecule is COc1cc2cc(c1Cl)N(C)C(=O)C[C@H](OC(=O)Nc1ccc(NC(=O)[C@H](CCCNC(N)=O)NC(=O)[C@@H](NC(=O)CCCCC(C)(C)OC(=O)C(CBr)CBr)C(C)C)cc1Br)[C@]1(C)O[C@H]1[C@H](C)[C@@H]1C[C@@](O)(NC(=O)O1)[C@H](OC)/C=C/C=C(\C)C2. The number of ether oxygens (including phenoxy) is 6. The summed E-state index contributed by atoms with van der Waals surface area (Å²) in [4.78, 5) is 108. The number of hydrogen-bond acceptors (Lipinski definition) is 15. The number of epoxide rings is 1. The van der Waals surface area contributed by atoms with Crippen molar-refractivity contribution in [2.24, 2.45) is 23.5 Å². The summed E-state index contributed by atoms with van der Waals surface area (Å²) in [5.41, 5.74) is 3.67. The average Bonchev–Trinajstić information content (AvgIpc) is 1.65. The summed E-state index contributed by atoms with van der Waals surface area (Å²) in [6, 6.07) is 5.05. The van der Waals surface area contributed by atoms with E-state index in [1.54, 1.807) is 52.0 Å². The molecule has 2 aromatic carbocycles. The average molecular weight is 1400 g/mol. The molecule has 0 radical (unpaired) electrons. The zero-order valence-corrected chi connectivity index (χ0v) is 55.0. The Kier molecular flexibility index (Phi) is 26.0. The lowest BCUT2D eigenvalue weighted by atomic mass is 9.83. The standard InChI is InChI=1S/C58H80Br3ClN8O15/c1-31(2)48(68-45(71)18-11-12-21-56(5,6)85-52(75)35(29-59)30-60)51(74)66-39(16-14-22-64-53(63)76)50(73)65-36-19-20-38(37(61)26-36)67-54(77)83-44-27-46(72)70(8)40-24-34(25-41(80-9)47(40)62)23-32(3)15-13-17-43(81-10)58(79)28-42(82-55(78)69-58)33(4)49-57(44,7)84-49/h13,15,17,19-20,24-26,31,33,35,39,42-44,48-49,79H,11-12,14,16,18,21-23,27-30H2,1-10H3,(H,65,73)(H,66,74)(H,67,77)(H,68,71)(H,69,78)(H3,63,64,76)/b17-13+,32-15+/t33-,39+,42+,43-,44+,48+,49+,57+,58+/m1/s1. The molecular weight excluding hydrogens is 1320 g/mol. The number of carbonyl (C=O) groups excluding carboxylic acids is 8. The summed E-state index contributed by atoms with van der Waals surface area (Å²) in [6.07, 6.45) is 1.10. The monoisotopic (exact) mass is 1400 g/mol. The van der Waals surface area contributed by atoms with Gasteiger partial charge in [0.1, 0.15) is 52.4 Å². The van der Waals surface area contributed by atoms with E-state index in [1.807, 2.05) is 26.8 Å². The van der Waals surface area contributed by atoms with Gasteiger partial charge in [-0.2, -0.15) is 0 Å². The van der Waals surface area contributed by atoms with E-state index in [2.05, 4.69) is 79.7 Å². The Hall–Kier alpha value is -5.51. The van der Waals surface area contributed by atoms with Crippen molar-refractivity contribution >= 4 is 124 Å². The van der Waals surface area contributed by atoms with Crippen molar-refractivity contribution in [3.8, 4) is 5.75 Å². The molecule has 3 aliphatic rings. The van der Waals surface area contributed by atoms with E-state index < -0.39 is 102 Å². The number of unbranched alkanes of at least 4 members (excludes halogenated alkanes) is 1. The van der Waals surface area contributed by atoms with Crippen LogP contribution in [0.1, 0.15) is 105 Å². The molecule has 2 saturated heterocycles. The highest BCUT2D eigenvalue weighted by atomic mass is 79.9. The van der Waals surface area contributed by atoms with Gasteiger partial charge in [0.05, 0.1) is 36.9 Å². The van der Waals surface area contributed by atoms with Gasteiger partial charge in [-0.05, 0) is 124 Å². The number of halogens is 4. The number of nitrogens with one attached hydrogen (secondary N) is 6. The normalized spacial score (nSPS) is 24.2. The number of esters is 1. The fourth-order valence-electron chi connectivity index (χ4n) is 10.0. The smallest absolute Gasteiger partial charge is 0.412 e. The Balaban J connectivity index is 1.32. The van der Waals surface area contributed by atoms with Crippen molar-refractivity contribution in [1.82, 2.24) is 21.3 Å². The number of primary amides is 1. The van der Waals surface area contributed by atoms with Gasteiger partial charge in [0.15, 0.2) is 5.72 Å². The van der Waals surface area contributed by atoms with Gasteiger partial charge >= 0.3 is 24.2 Å². The highest BCUT2D eigenvalue weighted by Gasteiger charge is 2.64. The Morgan fingerprint density at radius 3 is 2.35 bits per heavy atom. The molecule has 0 aliphatic carbocycles. The minimum absolute atomic E-state index is 0.0550. The molecule has 0 unspecified atom stereocenters. The molecule has 9 N–H and O–H groups in total. The largest absolute Gasteiger partial charge is 0.495 e. The number of nitrogens with zero attached hydrogens (tertiary/aromatic N) is 1. The highest BCUT2D eigenvalue weighted by Crippen LogP contribution is 2.49. The third-order valence-electron chi connectivity index (χ3n) is 15.1. The van der Waals surface area contributed by atoms with Crippen molar-refractivity contribution < 1.29 is 71.9 Å². The quantitative estimate of drug-likeness (QED) is 0.0170. The van der Waals surface area contributed by atoms with Crippen LogP contribution in [0.15, 0.2) is 58.6 Å². The van der Waals surface area contributed by atoms with Crippen LogP contribution in [-0.4, -0.2) is 145 Å². The number of amides is 8. The lowest BCUT2D eigenvalue weighted by molar-refractivity contribution is -0.160. The van der Waals surface area contributed by atoms with Gasteiger partial charge in [-0.1, -0.05) is 88.0 Å². The second-order valence-corrected chi connectivity index (χ2v) is 25.2. The van der Waals surface area contributed by atoms with E-state index in [4.69, 9.17) is 45.8 Å². The number of methoxy groups -OCH3 is 2. The fraction of sp³-hybridized carbons (Fsp3) is 0.586. The zero-order chi connectivity index (χ0) is 63.1. The molecule has 0 saturated carbocycles. The Labute approximate surface area is 526 Å². The Morgan fingerprint density at radius 1 is 1.01 bits per heavy atom. The van der Waals surface area contributed by atoms with E-state index in [-0.39, 0.29) is 76.8 Å². The van der Waals surface area contributed by atoms with E-state index >= 15 is 0 Å². The number of rotatable bonds is 23. The van der Waals surface area contributed by atoms with Gasteiger partial charge in [0, 0.05) is 60.3 Å². The minimum atomic E-state index is -1.90. The molecule has 3 heterocycles. The summed E-state index contributed by atoms with van der Waals surface area (Å²) >= 11 is 17.0. The van der Waals surface area contributed by atoms with Crippen LogP contribution in [0.25, 0.3) is 0 Å². The Morgan fingerprint density at radius 2 is 1.72 bits per heavy atom. The van der Waals surface area contributed by atoms with Crippen LogP contribution in [0, 0.1) is 17.8 Å². The maximum atomic E-state index is 14.4. The number of urea groups is 1. The second-order valence-electron chi connectivity index (χ2n) is 22.7. The van der Waals surface area contributed by atoms with Gasteiger partial charge in [-0.3, -0.25) is 34.6 Å². The zero-order valence-electron chi connectivity index (χ0n) is 49.5. The van der Waals surface area contributed by atoms with Crippen molar-refractivity contribution in [2.45, 2.75) is 160 Å². The van der Waals surface area contributed by atoms with Crippen LogP contribution in [-0.2, 0) is 54.1 Å². The molecule has 3 aliphatic heterocycles. The molecule has 470 valence electrons. The molecule has 0 aromatic heterocycles. The molecule has 27 heteroatoms. The van der Waals surface area contributed by atoms with Crippen molar-refractivity contribution in [2.75, 3.05) is 54.0 Å². The summed E-state index contributed by atoms with van der Waals surface area (Å²) < 4.78 is 35.4. The van der Waals surface area contributed by atoms with Crippen molar-refractivity contribution in [3.05, 3.63) is 69.2 Å². The first-order valence-electron chi connectivity index (χ1n) is 27.9. The molecule has 2 aromatic rings. The first kappa shape index (κ1) is 70.3. The van der Waals surface area contributed by atoms with Crippen molar-refractivity contribution in [3.63, 3.8) is 0 Å². The number of allylic oxidation sites excluding steroid dienone is 3. The predicted molar refractivity (Wildman–Crippen MR) is 331 cm³/mol. The number of fused-ring (bicyclic) bond motifs is 5. The summed E-state index contributed by atoms with van der Waals surface area (Å²) in [5, 5.41) is 29.0. The number of alkyl halides is 2. The lowest BCUT2D eigenvalue weighted by Gasteiger charge is -2.42. The molecule has 23 nitrogen and oxygen atoms in total. The van der Waals surface area contributed by atoms with Crippen LogP contribution in [0.3, 0.4) is 0 Å². The maximum Gasteiger partial charge on any atom is 0.412 e. The first-order valence-corrected chi connectivity index (χ1v) is 31.3. The van der Waals surface area contributed by atoms with Gasteiger partial charge in [-0.15, -0.1) is 0 Å². The number of carbonyl (C=O) groups is 8. The van der Waals surface area contributed by atoms with Crippen LogP contribution in [0.5, 0.6) is 5.75 Å². The molecule has 2 fully saturated rings. The number of nitrogens with two attached hydrogens (primary N) is 1. The molecule has 9 atom stereocenters. The molecule has 0 spiro atoms. The summed E-state index contributed by atoms with van der Waals surface area (Å²) in [7, 11) is 4.40. The molecule has 85 heavy (non-hydrogen) atoms. The van der Waals surface area contributed by atoms with Gasteiger partial charge in [0.2, 0.25) is 23.6 Å². The summed E-state index contributed by atoms with van der Waals surface area (Å²) in [6.45, 7) is 12.6. The van der Waals surface area contributed by atoms with Gasteiger partial charge < -0.3 is 65.4 Å². The molecule has 5 rings (SSSR count). The Bertz CT molecular complexity index is 2820. The van der Waals surface area contributed by atoms with Crippen molar-refractivity contribution in [1.29, 1.82) is 0 Å². The lowest BCUT2D eigenvalue weighted by Crippen LogP contribution is -2.63. The number of hydrogen-bond donors (Lipinski definition) is 8. The third-order valence-corrected chi connectivity index (χ3v) is 17.7. The fourth-order valence-corrected chi connectivity index (χ4v) is 12.4. The molecule has 4 bridgehead atoms. The second kappa shape index (κ2) is 31.4. The van der Waals surface area contributed by atoms with Gasteiger partial charge in [-0.25, -0.2) is 14.4 Å². The maximum absolute atomic E-state index is 14.4. The topological polar surface area (TPSA) is 317 Å². The van der Waals surface area contributed by atoms with Gasteiger partial charge in [0.25, 0.3) is 0 Å². The number of benzene rings is 2. The van der Waals surface area contributed by atoms with Crippen LogP contribution in [0.4, 0.5) is 31.4 Å².